The topological polar surface area (TPSA) is 85.2 Å². The number of nitriles is 1. The Morgan fingerprint density at radius 3 is 2.24 bits per heavy atom. The van der Waals surface area contributed by atoms with Gasteiger partial charge in [-0.05, 0) is 60.2 Å². The van der Waals surface area contributed by atoms with Crippen molar-refractivity contribution in [2.24, 2.45) is 0 Å². The van der Waals surface area contributed by atoms with E-state index in [-0.39, 0.29) is 11.6 Å². The number of thioether (sulfide) groups is 1. The molecule has 166 valence electrons. The first-order chi connectivity index (χ1) is 16.0. The van der Waals surface area contributed by atoms with Gasteiger partial charge in [0.15, 0.2) is 0 Å². The molecule has 0 bridgehead atoms. The second-order valence-corrected chi connectivity index (χ2v) is 8.34. The van der Waals surface area contributed by atoms with Gasteiger partial charge in [0.2, 0.25) is 0 Å². The van der Waals surface area contributed by atoms with Crippen LogP contribution in [0.4, 0.5) is 11.4 Å². The zero-order chi connectivity index (χ0) is 23.6. The first kappa shape index (κ1) is 23.6. The van der Waals surface area contributed by atoms with E-state index in [0.29, 0.717) is 17.0 Å². The highest BCUT2D eigenvalue weighted by Gasteiger charge is 2.15. The van der Waals surface area contributed by atoms with E-state index in [2.05, 4.69) is 16.7 Å². The van der Waals surface area contributed by atoms with E-state index in [4.69, 9.17) is 5.26 Å². The number of hydrogen-bond donors (Lipinski definition) is 2. The molecule has 0 radical (unpaired) electrons. The maximum absolute atomic E-state index is 13.1. The van der Waals surface area contributed by atoms with Gasteiger partial charge in [0, 0.05) is 35.9 Å². The number of nitrogens with one attached hydrogen (secondary N) is 2. The highest BCUT2D eigenvalue weighted by atomic mass is 32.2. The minimum Gasteiger partial charge on any atom is -0.378 e. The molecular formula is C26H24N4O2S. The molecule has 0 aromatic heterocycles. The van der Waals surface area contributed by atoms with Crippen molar-refractivity contribution in [3.63, 3.8) is 0 Å². The summed E-state index contributed by atoms with van der Waals surface area (Å²) in [5, 5.41) is 14.3. The van der Waals surface area contributed by atoms with Gasteiger partial charge in [0.05, 0.1) is 11.8 Å². The molecule has 33 heavy (non-hydrogen) atoms. The fraction of sp³-hybridized carbons (Fsp3) is 0.115. The summed E-state index contributed by atoms with van der Waals surface area (Å²) in [6.45, 7) is 0. The third-order valence-electron chi connectivity index (χ3n) is 4.66. The Balaban J connectivity index is 1.83. The second kappa shape index (κ2) is 11.6. The minimum absolute atomic E-state index is 0.129. The van der Waals surface area contributed by atoms with Crippen molar-refractivity contribution in [1.29, 1.82) is 5.26 Å². The largest absolute Gasteiger partial charge is 0.378 e. The Hall–Kier alpha value is -4.02. The zero-order valence-electron chi connectivity index (χ0n) is 18.4. The smallest absolute Gasteiger partial charge is 0.272 e. The van der Waals surface area contributed by atoms with E-state index in [0.717, 1.165) is 16.1 Å². The highest BCUT2D eigenvalue weighted by Crippen LogP contribution is 2.20. The van der Waals surface area contributed by atoms with Gasteiger partial charge in [0.25, 0.3) is 11.8 Å². The van der Waals surface area contributed by atoms with Crippen LogP contribution in [0, 0.1) is 11.3 Å². The summed E-state index contributed by atoms with van der Waals surface area (Å²) in [5.74, 6) is -0.449. The fourth-order valence-electron chi connectivity index (χ4n) is 2.93. The van der Waals surface area contributed by atoms with Crippen LogP contribution in [0.15, 0.2) is 89.5 Å². The summed E-state index contributed by atoms with van der Waals surface area (Å²) in [5.41, 5.74) is 2.98. The van der Waals surface area contributed by atoms with Gasteiger partial charge in [-0.3, -0.25) is 9.59 Å². The summed E-state index contributed by atoms with van der Waals surface area (Å²) in [7, 11) is 3.90. The van der Waals surface area contributed by atoms with Crippen LogP contribution in [-0.2, 0) is 4.79 Å². The summed E-state index contributed by atoms with van der Waals surface area (Å²) in [6.07, 6.45) is 1.65. The van der Waals surface area contributed by atoms with E-state index in [9.17, 15) is 9.59 Å². The molecule has 6 nitrogen and oxygen atoms in total. The molecule has 3 aromatic rings. The van der Waals surface area contributed by atoms with Crippen molar-refractivity contribution in [3.05, 3.63) is 95.7 Å². The number of amides is 2. The van der Waals surface area contributed by atoms with Gasteiger partial charge in [-0.15, -0.1) is 11.8 Å². The quantitative estimate of drug-likeness (QED) is 0.376. The van der Waals surface area contributed by atoms with Crippen molar-refractivity contribution in [3.8, 4) is 6.07 Å². The van der Waals surface area contributed by atoms with Crippen LogP contribution in [0.25, 0.3) is 6.08 Å². The maximum Gasteiger partial charge on any atom is 0.272 e. The van der Waals surface area contributed by atoms with Crippen LogP contribution < -0.4 is 15.5 Å². The predicted molar refractivity (Wildman–Crippen MR) is 134 cm³/mol. The summed E-state index contributed by atoms with van der Waals surface area (Å²) in [4.78, 5) is 28.7. The molecule has 0 spiro atoms. The lowest BCUT2D eigenvalue weighted by Gasteiger charge is -2.13. The lowest BCUT2D eigenvalue weighted by atomic mass is 10.1. The van der Waals surface area contributed by atoms with Gasteiger partial charge < -0.3 is 15.5 Å². The lowest BCUT2D eigenvalue weighted by molar-refractivity contribution is -0.113. The Labute approximate surface area is 197 Å². The molecule has 0 atom stereocenters. The summed E-state index contributed by atoms with van der Waals surface area (Å²) in [6, 6.07) is 25.7. The molecular weight excluding hydrogens is 432 g/mol. The number of carbonyl (C=O) groups excluding carboxylic acids is 2. The van der Waals surface area contributed by atoms with Crippen LogP contribution in [0.5, 0.6) is 0 Å². The second-order valence-electron chi connectivity index (χ2n) is 7.29. The monoisotopic (exact) mass is 456 g/mol. The minimum atomic E-state index is -0.437. The molecule has 2 N–H and O–H groups in total. The first-order valence-electron chi connectivity index (χ1n) is 10.2. The number of nitrogens with zero attached hydrogens (tertiary/aromatic N) is 2. The van der Waals surface area contributed by atoms with Crippen LogP contribution in [0.1, 0.15) is 15.9 Å². The standard InChI is InChI=1S/C26H24N4O2S/c1-30(2)22-12-8-19(9-13-22)18-24(29-25(31)20-6-4-3-5-7-20)26(32)28-21-10-14-23(15-11-21)33-17-16-27/h3-15,18H,17H2,1-2H3,(H,28,32)(H,29,31)/b24-18-. The van der Waals surface area contributed by atoms with Gasteiger partial charge in [-0.2, -0.15) is 5.26 Å². The van der Waals surface area contributed by atoms with Crippen LogP contribution in [0.3, 0.4) is 0 Å². The molecule has 0 fully saturated rings. The van der Waals surface area contributed by atoms with Crippen molar-refractivity contribution >= 4 is 41.0 Å². The predicted octanol–water partition coefficient (Wildman–Crippen LogP) is 4.78. The van der Waals surface area contributed by atoms with Gasteiger partial charge in [-0.1, -0.05) is 30.3 Å². The van der Waals surface area contributed by atoms with Crippen molar-refractivity contribution in [2.75, 3.05) is 30.1 Å². The van der Waals surface area contributed by atoms with E-state index in [1.807, 2.05) is 61.5 Å². The number of rotatable bonds is 8. The molecule has 7 heteroatoms. The Kier molecular flexibility index (Phi) is 8.28. The van der Waals surface area contributed by atoms with Gasteiger partial charge in [0.1, 0.15) is 5.70 Å². The molecule has 0 aliphatic carbocycles. The zero-order valence-corrected chi connectivity index (χ0v) is 19.2. The average molecular weight is 457 g/mol. The van der Waals surface area contributed by atoms with E-state index in [1.54, 1.807) is 42.5 Å². The van der Waals surface area contributed by atoms with Crippen molar-refractivity contribution < 1.29 is 9.59 Å². The first-order valence-corrected chi connectivity index (χ1v) is 11.2. The van der Waals surface area contributed by atoms with Crippen molar-refractivity contribution in [1.82, 2.24) is 5.32 Å². The Morgan fingerprint density at radius 2 is 1.64 bits per heavy atom. The number of benzene rings is 3. The molecule has 0 saturated heterocycles. The molecule has 0 unspecified atom stereocenters. The normalized spacial score (nSPS) is 10.8. The number of anilines is 2. The van der Waals surface area contributed by atoms with E-state index < -0.39 is 5.91 Å². The molecule has 3 rings (SSSR count). The molecule has 0 aliphatic heterocycles. The molecule has 3 aromatic carbocycles. The Morgan fingerprint density at radius 1 is 0.970 bits per heavy atom. The molecule has 0 heterocycles. The fourth-order valence-corrected chi connectivity index (χ4v) is 3.49. The molecule has 2 amide bonds. The summed E-state index contributed by atoms with van der Waals surface area (Å²) < 4.78 is 0. The van der Waals surface area contributed by atoms with Crippen LogP contribution >= 0.6 is 11.8 Å². The van der Waals surface area contributed by atoms with Crippen LogP contribution in [0.2, 0.25) is 0 Å². The maximum atomic E-state index is 13.1. The number of carbonyl (C=O) groups is 2. The highest BCUT2D eigenvalue weighted by molar-refractivity contribution is 7.99. The number of hydrogen-bond acceptors (Lipinski definition) is 5. The van der Waals surface area contributed by atoms with E-state index in [1.165, 1.54) is 11.8 Å². The van der Waals surface area contributed by atoms with E-state index >= 15 is 0 Å². The third-order valence-corrected chi connectivity index (χ3v) is 5.54. The van der Waals surface area contributed by atoms with Crippen molar-refractivity contribution in [2.45, 2.75) is 4.90 Å². The Bertz CT molecular complexity index is 1170. The van der Waals surface area contributed by atoms with Crippen LogP contribution in [-0.4, -0.2) is 31.7 Å². The lowest BCUT2D eigenvalue weighted by Crippen LogP contribution is -2.30. The SMILES string of the molecule is CN(C)c1ccc(/C=C(\NC(=O)c2ccccc2)C(=O)Nc2ccc(SCC#N)cc2)cc1. The summed E-state index contributed by atoms with van der Waals surface area (Å²) >= 11 is 1.42. The third kappa shape index (κ3) is 6.99. The molecule has 0 saturated carbocycles. The van der Waals surface area contributed by atoms with Gasteiger partial charge in [-0.25, -0.2) is 0 Å². The molecule has 0 aliphatic rings. The van der Waals surface area contributed by atoms with Gasteiger partial charge >= 0.3 is 0 Å². The average Bonchev–Trinajstić information content (AvgIpc) is 2.84.